The van der Waals surface area contributed by atoms with Crippen molar-refractivity contribution in [3.05, 3.63) is 11.6 Å². The fraction of sp³-hybridized carbons (Fsp3) is 0.765. The monoisotopic (exact) mass is 310 g/mol. The van der Waals surface area contributed by atoms with Crippen molar-refractivity contribution >= 4 is 12.0 Å². The third kappa shape index (κ3) is 6.08. The lowest BCUT2D eigenvalue weighted by molar-refractivity contribution is -0.119. The molecule has 1 fully saturated rings. The van der Waals surface area contributed by atoms with Crippen LogP contribution < -0.4 is 10.6 Å². The standard InChI is InChI=1S/C17H30N2O3/c1-6-9-13(2)14(20)19-17(10-7-8-11-17)12-18-15(21)22-16(3,4)5/h9H,6-8,10-12H2,1-5H3,(H,18,21)(H,19,20)/b13-9-. The van der Waals surface area contributed by atoms with E-state index >= 15 is 0 Å². The fourth-order valence-corrected chi connectivity index (χ4v) is 2.69. The van der Waals surface area contributed by atoms with E-state index in [1.54, 1.807) is 0 Å². The lowest BCUT2D eigenvalue weighted by atomic mass is 9.96. The van der Waals surface area contributed by atoms with Gasteiger partial charge in [-0.2, -0.15) is 0 Å². The molecule has 0 aliphatic heterocycles. The van der Waals surface area contributed by atoms with Crippen molar-refractivity contribution in [1.29, 1.82) is 0 Å². The van der Waals surface area contributed by atoms with Crippen LogP contribution in [0.15, 0.2) is 11.6 Å². The molecular formula is C17H30N2O3. The summed E-state index contributed by atoms with van der Waals surface area (Å²) in [6.07, 6.45) is 6.21. The minimum absolute atomic E-state index is 0.0465. The Labute approximate surface area is 133 Å². The molecule has 0 saturated heterocycles. The lowest BCUT2D eigenvalue weighted by Crippen LogP contribution is -2.54. The van der Waals surface area contributed by atoms with Crippen molar-refractivity contribution in [2.24, 2.45) is 0 Å². The maximum Gasteiger partial charge on any atom is 0.407 e. The first-order valence-electron chi connectivity index (χ1n) is 8.13. The Kier molecular flexibility index (Phi) is 6.45. The first-order chi connectivity index (χ1) is 10.2. The summed E-state index contributed by atoms with van der Waals surface area (Å²) in [5, 5.41) is 5.92. The van der Waals surface area contributed by atoms with Crippen LogP contribution in [-0.4, -0.2) is 29.7 Å². The van der Waals surface area contributed by atoms with Gasteiger partial charge in [-0.25, -0.2) is 4.79 Å². The van der Waals surface area contributed by atoms with Gasteiger partial charge in [0.05, 0.1) is 5.54 Å². The van der Waals surface area contributed by atoms with E-state index in [-0.39, 0.29) is 11.4 Å². The molecular weight excluding hydrogens is 280 g/mol. The summed E-state index contributed by atoms with van der Waals surface area (Å²) < 4.78 is 5.26. The number of hydrogen-bond donors (Lipinski definition) is 2. The van der Waals surface area contributed by atoms with Crippen molar-refractivity contribution in [2.45, 2.75) is 77.9 Å². The maximum absolute atomic E-state index is 12.2. The van der Waals surface area contributed by atoms with Crippen LogP contribution in [-0.2, 0) is 9.53 Å². The molecule has 0 aromatic carbocycles. The molecule has 0 radical (unpaired) electrons. The van der Waals surface area contributed by atoms with Gasteiger partial charge < -0.3 is 15.4 Å². The molecule has 2 N–H and O–H groups in total. The molecule has 1 aliphatic carbocycles. The van der Waals surface area contributed by atoms with Crippen LogP contribution in [0.2, 0.25) is 0 Å². The number of carbonyl (C=O) groups excluding carboxylic acids is 2. The quantitative estimate of drug-likeness (QED) is 0.766. The first-order valence-corrected chi connectivity index (χ1v) is 8.13. The second-order valence-corrected chi connectivity index (χ2v) is 7.09. The molecule has 5 nitrogen and oxygen atoms in total. The normalized spacial score (nSPS) is 18.0. The summed E-state index contributed by atoms with van der Waals surface area (Å²) >= 11 is 0. The molecule has 1 saturated carbocycles. The predicted octanol–water partition coefficient (Wildman–Crippen LogP) is 3.30. The summed E-state index contributed by atoms with van der Waals surface area (Å²) in [4.78, 5) is 24.1. The van der Waals surface area contributed by atoms with Gasteiger partial charge in [0, 0.05) is 12.1 Å². The summed E-state index contributed by atoms with van der Waals surface area (Å²) in [6.45, 7) is 9.73. The fourth-order valence-electron chi connectivity index (χ4n) is 2.69. The highest BCUT2D eigenvalue weighted by atomic mass is 16.6. The minimum atomic E-state index is -0.517. The van der Waals surface area contributed by atoms with E-state index in [0.29, 0.717) is 6.54 Å². The molecule has 0 unspecified atom stereocenters. The SMILES string of the molecule is CC/C=C(/C)C(=O)NC1(CNC(=O)OC(C)(C)C)CCCC1. The van der Waals surface area contributed by atoms with Gasteiger partial charge in [-0.3, -0.25) is 4.79 Å². The van der Waals surface area contributed by atoms with Crippen molar-refractivity contribution in [3.8, 4) is 0 Å². The third-order valence-corrected chi connectivity index (χ3v) is 3.78. The van der Waals surface area contributed by atoms with E-state index in [4.69, 9.17) is 4.74 Å². The van der Waals surface area contributed by atoms with E-state index in [0.717, 1.165) is 37.7 Å². The van der Waals surface area contributed by atoms with Gasteiger partial charge in [0.15, 0.2) is 0 Å². The number of ether oxygens (including phenoxy) is 1. The molecule has 126 valence electrons. The molecule has 1 rings (SSSR count). The molecule has 1 aliphatic rings. The van der Waals surface area contributed by atoms with Gasteiger partial charge in [-0.1, -0.05) is 25.8 Å². The smallest absolute Gasteiger partial charge is 0.407 e. The second kappa shape index (κ2) is 7.65. The molecule has 0 atom stereocenters. The Bertz CT molecular complexity index is 430. The highest BCUT2D eigenvalue weighted by Crippen LogP contribution is 2.29. The maximum atomic E-state index is 12.2. The topological polar surface area (TPSA) is 67.4 Å². The Balaban J connectivity index is 2.63. The third-order valence-electron chi connectivity index (χ3n) is 3.78. The Morgan fingerprint density at radius 3 is 2.32 bits per heavy atom. The molecule has 0 spiro atoms. The predicted molar refractivity (Wildman–Crippen MR) is 87.6 cm³/mol. The number of rotatable bonds is 5. The van der Waals surface area contributed by atoms with Crippen LogP contribution in [0.5, 0.6) is 0 Å². The van der Waals surface area contributed by atoms with E-state index in [1.165, 1.54) is 0 Å². The van der Waals surface area contributed by atoms with Gasteiger partial charge in [0.25, 0.3) is 0 Å². The zero-order valence-corrected chi connectivity index (χ0v) is 14.5. The van der Waals surface area contributed by atoms with E-state index in [9.17, 15) is 9.59 Å². The molecule has 0 heterocycles. The van der Waals surface area contributed by atoms with Crippen LogP contribution in [0.25, 0.3) is 0 Å². The molecule has 0 aromatic rings. The number of carbonyl (C=O) groups is 2. The van der Waals surface area contributed by atoms with Crippen molar-refractivity contribution in [2.75, 3.05) is 6.54 Å². The average molecular weight is 310 g/mol. The number of allylic oxidation sites excluding steroid dienone is 1. The molecule has 0 bridgehead atoms. The van der Waals surface area contributed by atoms with Crippen molar-refractivity contribution in [1.82, 2.24) is 10.6 Å². The van der Waals surface area contributed by atoms with Gasteiger partial charge in [0.2, 0.25) is 5.91 Å². The Morgan fingerprint density at radius 2 is 1.82 bits per heavy atom. The molecule has 5 heteroatoms. The van der Waals surface area contributed by atoms with Crippen LogP contribution in [0.1, 0.15) is 66.7 Å². The van der Waals surface area contributed by atoms with Gasteiger partial charge in [0.1, 0.15) is 5.60 Å². The summed E-state index contributed by atoms with van der Waals surface area (Å²) in [5.74, 6) is -0.0465. The van der Waals surface area contributed by atoms with Crippen molar-refractivity contribution in [3.63, 3.8) is 0 Å². The number of hydrogen-bond acceptors (Lipinski definition) is 3. The summed E-state index contributed by atoms with van der Waals surface area (Å²) in [6, 6.07) is 0. The van der Waals surface area contributed by atoms with Gasteiger partial charge >= 0.3 is 6.09 Å². The second-order valence-electron chi connectivity index (χ2n) is 7.09. The Morgan fingerprint density at radius 1 is 1.23 bits per heavy atom. The van der Waals surface area contributed by atoms with Crippen LogP contribution in [0.3, 0.4) is 0 Å². The molecule has 0 aromatic heterocycles. The zero-order valence-electron chi connectivity index (χ0n) is 14.5. The number of nitrogens with one attached hydrogen (secondary N) is 2. The molecule has 2 amide bonds. The van der Waals surface area contributed by atoms with E-state index in [2.05, 4.69) is 10.6 Å². The highest BCUT2D eigenvalue weighted by Gasteiger charge is 2.36. The van der Waals surface area contributed by atoms with Crippen molar-refractivity contribution < 1.29 is 14.3 Å². The van der Waals surface area contributed by atoms with Gasteiger partial charge in [-0.05, 0) is 47.0 Å². The summed E-state index contributed by atoms with van der Waals surface area (Å²) in [7, 11) is 0. The van der Waals surface area contributed by atoms with Crippen LogP contribution >= 0.6 is 0 Å². The average Bonchev–Trinajstić information content (AvgIpc) is 2.84. The Hall–Kier alpha value is -1.52. The van der Waals surface area contributed by atoms with Crippen LogP contribution in [0.4, 0.5) is 4.79 Å². The lowest BCUT2D eigenvalue weighted by Gasteiger charge is -2.31. The van der Waals surface area contributed by atoms with Gasteiger partial charge in [-0.15, -0.1) is 0 Å². The minimum Gasteiger partial charge on any atom is -0.444 e. The number of alkyl carbamates (subject to hydrolysis) is 1. The molecule has 22 heavy (non-hydrogen) atoms. The first kappa shape index (κ1) is 18.5. The zero-order chi connectivity index (χ0) is 16.8. The number of amides is 2. The van der Waals surface area contributed by atoms with E-state index in [1.807, 2.05) is 40.7 Å². The van der Waals surface area contributed by atoms with E-state index < -0.39 is 11.7 Å². The largest absolute Gasteiger partial charge is 0.444 e. The van der Waals surface area contributed by atoms with Crippen LogP contribution in [0, 0.1) is 0 Å². The highest BCUT2D eigenvalue weighted by molar-refractivity contribution is 5.93. The summed E-state index contributed by atoms with van der Waals surface area (Å²) in [5.41, 5.74) is -0.140.